The fourth-order valence-corrected chi connectivity index (χ4v) is 1.84. The number of benzene rings is 1. The molecule has 0 saturated heterocycles. The third-order valence-electron chi connectivity index (χ3n) is 2.87. The monoisotopic (exact) mass is 391 g/mol. The van der Waals surface area contributed by atoms with Crippen molar-refractivity contribution in [3.05, 3.63) is 29.8 Å². The van der Waals surface area contributed by atoms with Crippen molar-refractivity contribution in [3.8, 4) is 0 Å². The molecule has 0 aliphatic heterocycles. The number of rotatable bonds is 8. The van der Waals surface area contributed by atoms with Crippen LogP contribution in [0.2, 0.25) is 0 Å². The van der Waals surface area contributed by atoms with E-state index in [1.807, 2.05) is 24.3 Å². The van der Waals surface area contributed by atoms with E-state index in [9.17, 15) is 0 Å². The molecule has 0 atom stereocenters. The average molecular weight is 391 g/mol. The predicted molar refractivity (Wildman–Crippen MR) is 96.8 cm³/mol. The molecule has 1 rings (SSSR count). The van der Waals surface area contributed by atoms with Crippen molar-refractivity contribution < 1.29 is 4.74 Å². The molecule has 0 bridgehead atoms. The molecule has 0 saturated carbocycles. The highest BCUT2D eigenvalue weighted by Crippen LogP contribution is 2.15. The van der Waals surface area contributed by atoms with Crippen LogP contribution in [0.5, 0.6) is 0 Å². The lowest BCUT2D eigenvalue weighted by Crippen LogP contribution is -2.23. The number of nitrogens with one attached hydrogen (secondary N) is 1. The lowest BCUT2D eigenvalue weighted by atomic mass is 10.2. The molecule has 1 aromatic carbocycles. The van der Waals surface area contributed by atoms with Gasteiger partial charge in [0.2, 0.25) is 0 Å². The van der Waals surface area contributed by atoms with Gasteiger partial charge in [0.25, 0.3) is 0 Å². The summed E-state index contributed by atoms with van der Waals surface area (Å²) in [6.07, 6.45) is 4.81. The second kappa shape index (κ2) is 12.0. The first kappa shape index (κ1) is 19.2. The standard InChI is InChI=1S/C15H25N3O.HI/c1-3-4-5-8-11-17-15(16)18-14-10-7-6-9-13(14)12-19-2;/h6-7,9-10H,3-5,8,11-12H2,1-2H3,(H3,16,17,18);1H. The van der Waals surface area contributed by atoms with Crippen LogP contribution in [-0.4, -0.2) is 19.6 Å². The fourth-order valence-electron chi connectivity index (χ4n) is 1.84. The maximum Gasteiger partial charge on any atom is 0.193 e. The van der Waals surface area contributed by atoms with Gasteiger partial charge in [0, 0.05) is 24.9 Å². The Bertz CT molecular complexity index is 396. The zero-order valence-corrected chi connectivity index (χ0v) is 14.7. The van der Waals surface area contributed by atoms with E-state index < -0.39 is 0 Å². The summed E-state index contributed by atoms with van der Waals surface area (Å²) < 4.78 is 5.15. The minimum absolute atomic E-state index is 0. The van der Waals surface area contributed by atoms with Gasteiger partial charge in [-0.25, -0.2) is 0 Å². The highest BCUT2D eigenvalue weighted by molar-refractivity contribution is 14.0. The van der Waals surface area contributed by atoms with E-state index in [1.54, 1.807) is 7.11 Å². The number of hydrogen-bond acceptors (Lipinski definition) is 2. The van der Waals surface area contributed by atoms with Crippen LogP contribution in [0.3, 0.4) is 0 Å². The maximum atomic E-state index is 5.88. The smallest absolute Gasteiger partial charge is 0.193 e. The summed E-state index contributed by atoms with van der Waals surface area (Å²) in [5, 5.41) is 3.13. The number of unbranched alkanes of at least 4 members (excludes halogenated alkanes) is 3. The van der Waals surface area contributed by atoms with Gasteiger partial charge in [-0.2, -0.15) is 0 Å². The first-order valence-electron chi connectivity index (χ1n) is 6.91. The number of hydrogen-bond donors (Lipinski definition) is 2. The minimum Gasteiger partial charge on any atom is -0.380 e. The van der Waals surface area contributed by atoms with Gasteiger partial charge in [0.1, 0.15) is 0 Å². The van der Waals surface area contributed by atoms with Crippen LogP contribution in [0.1, 0.15) is 38.2 Å². The van der Waals surface area contributed by atoms with Gasteiger partial charge >= 0.3 is 0 Å². The number of halogens is 1. The van der Waals surface area contributed by atoms with Crippen LogP contribution < -0.4 is 11.1 Å². The van der Waals surface area contributed by atoms with E-state index in [0.29, 0.717) is 12.6 Å². The molecular formula is C15H26IN3O. The molecule has 5 heteroatoms. The summed E-state index contributed by atoms with van der Waals surface area (Å²) in [6.45, 7) is 3.55. The summed E-state index contributed by atoms with van der Waals surface area (Å²) in [5.41, 5.74) is 7.92. The molecule has 4 nitrogen and oxygen atoms in total. The summed E-state index contributed by atoms with van der Waals surface area (Å²) in [4.78, 5) is 4.33. The van der Waals surface area contributed by atoms with Crippen LogP contribution in [0.25, 0.3) is 0 Å². The molecule has 0 amide bonds. The molecule has 0 aliphatic rings. The Labute approximate surface area is 139 Å². The third kappa shape index (κ3) is 7.69. The van der Waals surface area contributed by atoms with Crippen LogP contribution in [0.15, 0.2) is 29.3 Å². The minimum atomic E-state index is 0. The zero-order chi connectivity index (χ0) is 13.9. The van der Waals surface area contributed by atoms with Crippen LogP contribution in [0.4, 0.5) is 5.69 Å². The van der Waals surface area contributed by atoms with Crippen molar-refractivity contribution in [2.75, 3.05) is 19.0 Å². The quantitative estimate of drug-likeness (QED) is 0.307. The van der Waals surface area contributed by atoms with Crippen LogP contribution in [0, 0.1) is 0 Å². The van der Waals surface area contributed by atoms with Crippen LogP contribution in [-0.2, 0) is 11.3 Å². The number of para-hydroxylation sites is 1. The number of nitrogens with zero attached hydrogens (tertiary/aromatic N) is 1. The summed E-state index contributed by atoms with van der Waals surface area (Å²) in [6, 6.07) is 7.95. The van der Waals surface area contributed by atoms with E-state index in [1.165, 1.54) is 19.3 Å². The Kier molecular flexibility index (Phi) is 11.5. The third-order valence-corrected chi connectivity index (χ3v) is 2.87. The summed E-state index contributed by atoms with van der Waals surface area (Å²) in [7, 11) is 1.68. The van der Waals surface area contributed by atoms with E-state index in [4.69, 9.17) is 10.5 Å². The molecule has 0 heterocycles. The molecule has 0 fully saturated rings. The van der Waals surface area contributed by atoms with E-state index in [2.05, 4.69) is 17.2 Å². The lowest BCUT2D eigenvalue weighted by Gasteiger charge is -2.10. The molecule has 20 heavy (non-hydrogen) atoms. The number of guanidine groups is 1. The molecule has 0 unspecified atom stereocenters. The van der Waals surface area contributed by atoms with Gasteiger partial charge in [-0.1, -0.05) is 44.4 Å². The first-order chi connectivity index (χ1) is 9.27. The summed E-state index contributed by atoms with van der Waals surface area (Å²) >= 11 is 0. The van der Waals surface area contributed by atoms with E-state index in [-0.39, 0.29) is 24.0 Å². The van der Waals surface area contributed by atoms with Crippen molar-refractivity contribution >= 4 is 35.6 Å². The second-order valence-electron chi connectivity index (χ2n) is 4.54. The Morgan fingerprint density at radius 3 is 2.70 bits per heavy atom. The SMILES string of the molecule is CCCCCCN=C(N)Nc1ccccc1COC.I. The fraction of sp³-hybridized carbons (Fsp3) is 0.533. The number of ether oxygens (including phenoxy) is 1. The molecule has 114 valence electrons. The Balaban J connectivity index is 0.00000361. The van der Waals surface area contributed by atoms with Crippen molar-refractivity contribution in [1.29, 1.82) is 0 Å². The van der Waals surface area contributed by atoms with Crippen molar-refractivity contribution in [3.63, 3.8) is 0 Å². The molecular weight excluding hydrogens is 365 g/mol. The topological polar surface area (TPSA) is 59.6 Å². The van der Waals surface area contributed by atoms with Gasteiger partial charge in [0.05, 0.1) is 6.61 Å². The predicted octanol–water partition coefficient (Wildman–Crippen LogP) is 3.76. The van der Waals surface area contributed by atoms with Gasteiger partial charge in [-0.3, -0.25) is 4.99 Å². The second-order valence-corrected chi connectivity index (χ2v) is 4.54. The molecule has 3 N–H and O–H groups in total. The molecule has 0 radical (unpaired) electrons. The van der Waals surface area contributed by atoms with Crippen LogP contribution >= 0.6 is 24.0 Å². The molecule has 0 aromatic heterocycles. The largest absolute Gasteiger partial charge is 0.380 e. The molecule has 1 aromatic rings. The molecule has 0 spiro atoms. The van der Waals surface area contributed by atoms with Gasteiger partial charge in [-0.15, -0.1) is 24.0 Å². The maximum absolute atomic E-state index is 5.88. The molecule has 0 aliphatic carbocycles. The number of aliphatic imine (C=N–C) groups is 1. The number of anilines is 1. The van der Waals surface area contributed by atoms with Gasteiger partial charge < -0.3 is 15.8 Å². The number of methoxy groups -OCH3 is 1. The van der Waals surface area contributed by atoms with Crippen molar-refractivity contribution in [1.82, 2.24) is 0 Å². The van der Waals surface area contributed by atoms with Crippen molar-refractivity contribution in [2.45, 2.75) is 39.2 Å². The van der Waals surface area contributed by atoms with Gasteiger partial charge in [0.15, 0.2) is 5.96 Å². The summed E-state index contributed by atoms with van der Waals surface area (Å²) in [5.74, 6) is 0.472. The normalized spacial score (nSPS) is 11.0. The lowest BCUT2D eigenvalue weighted by molar-refractivity contribution is 0.185. The zero-order valence-electron chi connectivity index (χ0n) is 12.4. The Morgan fingerprint density at radius 1 is 1.25 bits per heavy atom. The van der Waals surface area contributed by atoms with Gasteiger partial charge in [-0.05, 0) is 12.5 Å². The number of nitrogens with two attached hydrogens (primary N) is 1. The highest BCUT2D eigenvalue weighted by Gasteiger charge is 2.01. The van der Waals surface area contributed by atoms with E-state index >= 15 is 0 Å². The Hall–Kier alpha value is -0.820. The van der Waals surface area contributed by atoms with E-state index in [0.717, 1.165) is 24.2 Å². The highest BCUT2D eigenvalue weighted by atomic mass is 127. The average Bonchev–Trinajstić information content (AvgIpc) is 2.41. The first-order valence-corrected chi connectivity index (χ1v) is 6.91. The Morgan fingerprint density at radius 2 is 2.00 bits per heavy atom. The van der Waals surface area contributed by atoms with Crippen molar-refractivity contribution in [2.24, 2.45) is 10.7 Å².